The Kier molecular flexibility index (Phi) is 6.00. The van der Waals surface area contributed by atoms with Crippen LogP contribution < -0.4 is 0 Å². The van der Waals surface area contributed by atoms with E-state index < -0.39 is 0 Å². The summed E-state index contributed by atoms with van der Waals surface area (Å²) in [6, 6.07) is 0. The summed E-state index contributed by atoms with van der Waals surface area (Å²) in [6.07, 6.45) is 6.03. The molecule has 0 radical (unpaired) electrons. The fourth-order valence-electron chi connectivity index (χ4n) is 0.530. The van der Waals surface area contributed by atoms with E-state index in [2.05, 4.69) is 13.8 Å². The molecule has 0 saturated carbocycles. The first-order chi connectivity index (χ1) is 3.41. The van der Waals surface area contributed by atoms with Crippen LogP contribution in [0.3, 0.4) is 0 Å². The highest BCUT2D eigenvalue weighted by Crippen LogP contribution is 1.99. The van der Waals surface area contributed by atoms with Gasteiger partial charge < -0.3 is 13.8 Å². The van der Waals surface area contributed by atoms with Gasteiger partial charge >= 0.3 is 0 Å². The van der Waals surface area contributed by atoms with Crippen LogP contribution in [0.25, 0.3) is 0 Å². The Morgan fingerprint density at radius 2 is 1.14 bits per heavy atom. The van der Waals surface area contributed by atoms with Gasteiger partial charge in [0.05, 0.1) is 0 Å². The van der Waals surface area contributed by atoms with Crippen LogP contribution in [-0.4, -0.2) is 0 Å². The molecule has 44 valence electrons. The minimum Gasteiger partial charge on any atom is -0.343 e. The molecule has 0 spiro atoms. The molecule has 0 nitrogen and oxygen atoms in total. The molecule has 0 aliphatic rings. The maximum atomic E-state index is 3.74. The van der Waals surface area contributed by atoms with Crippen molar-refractivity contribution in [2.75, 3.05) is 0 Å². The van der Waals surface area contributed by atoms with E-state index in [1.54, 1.807) is 0 Å². The van der Waals surface area contributed by atoms with Crippen molar-refractivity contribution >= 4 is 0 Å². The Labute approximate surface area is 46.9 Å². The third-order valence-corrected chi connectivity index (χ3v) is 1.000. The van der Waals surface area contributed by atoms with Crippen LogP contribution in [-0.2, 0) is 0 Å². The molecule has 0 saturated heterocycles. The van der Waals surface area contributed by atoms with Crippen LogP contribution in [0.15, 0.2) is 0 Å². The predicted octanol–water partition coefficient (Wildman–Crippen LogP) is 2.61. The predicted molar refractivity (Wildman–Crippen MR) is 33.8 cm³/mol. The van der Waals surface area contributed by atoms with E-state index in [1.165, 1.54) is 19.3 Å². The van der Waals surface area contributed by atoms with Gasteiger partial charge in [-0.25, -0.2) is 0 Å². The summed E-state index contributed by atoms with van der Waals surface area (Å²) < 4.78 is 0. The zero-order valence-corrected chi connectivity index (χ0v) is 4.95. The zero-order valence-electron chi connectivity index (χ0n) is 4.95. The Morgan fingerprint density at radius 3 is 1.43 bits per heavy atom. The maximum absolute atomic E-state index is 3.74. The van der Waals surface area contributed by atoms with E-state index in [0.29, 0.717) is 0 Å². The third-order valence-electron chi connectivity index (χ3n) is 1.000. The van der Waals surface area contributed by atoms with Crippen molar-refractivity contribution in [2.24, 2.45) is 0 Å². The average Bonchev–Trinajstić information content (AvgIpc) is 1.69. The van der Waals surface area contributed by atoms with Crippen LogP contribution in [0, 0.1) is 13.8 Å². The van der Waals surface area contributed by atoms with Crippen LogP contribution >= 0.6 is 0 Å². The Hall–Kier alpha value is 0. The summed E-state index contributed by atoms with van der Waals surface area (Å²) in [5.41, 5.74) is 0. The highest BCUT2D eigenvalue weighted by molar-refractivity contribution is 4.45. The van der Waals surface area contributed by atoms with Gasteiger partial charge in [0.15, 0.2) is 0 Å². The molecule has 0 unspecified atom stereocenters. The lowest BCUT2D eigenvalue weighted by Gasteiger charge is -1.97. The van der Waals surface area contributed by atoms with Gasteiger partial charge in [-0.1, -0.05) is 19.3 Å². The molecule has 0 aliphatic carbocycles. The van der Waals surface area contributed by atoms with E-state index in [4.69, 9.17) is 0 Å². The second-order valence-electron chi connectivity index (χ2n) is 1.77. The molecular formula is C7H14-2. The summed E-state index contributed by atoms with van der Waals surface area (Å²) in [4.78, 5) is 0. The molecule has 0 N–H and O–H groups in total. The Morgan fingerprint density at radius 1 is 0.714 bits per heavy atom. The van der Waals surface area contributed by atoms with Gasteiger partial charge in [0, 0.05) is 0 Å². The quantitative estimate of drug-likeness (QED) is 0.374. The van der Waals surface area contributed by atoms with Crippen LogP contribution in [0.4, 0.5) is 0 Å². The molecule has 0 aromatic heterocycles. The molecule has 0 fully saturated rings. The molecular weight excluding hydrogens is 84.1 g/mol. The lowest BCUT2D eigenvalue weighted by atomic mass is 10.2. The van der Waals surface area contributed by atoms with E-state index in [1.807, 2.05) is 0 Å². The molecule has 0 heterocycles. The number of rotatable bonds is 4. The van der Waals surface area contributed by atoms with Gasteiger partial charge in [0.25, 0.3) is 0 Å². The summed E-state index contributed by atoms with van der Waals surface area (Å²) in [5.74, 6) is 0. The summed E-state index contributed by atoms with van der Waals surface area (Å²) in [5, 5.41) is 0. The summed E-state index contributed by atoms with van der Waals surface area (Å²) in [6.45, 7) is 7.47. The van der Waals surface area contributed by atoms with Gasteiger partial charge in [-0.3, -0.25) is 0 Å². The molecule has 0 aromatic carbocycles. The van der Waals surface area contributed by atoms with Crippen molar-refractivity contribution in [2.45, 2.75) is 32.1 Å². The molecule has 0 bridgehead atoms. The highest BCUT2D eigenvalue weighted by Gasteiger charge is 1.74. The fraction of sp³-hybridized carbons (Fsp3) is 0.714. The van der Waals surface area contributed by atoms with Gasteiger partial charge in [0.1, 0.15) is 0 Å². The third kappa shape index (κ3) is 6.00. The topological polar surface area (TPSA) is 0 Å². The Bertz CT molecular complexity index is 19.2. The van der Waals surface area contributed by atoms with Crippen molar-refractivity contribution < 1.29 is 0 Å². The van der Waals surface area contributed by atoms with Gasteiger partial charge in [-0.05, 0) is 0 Å². The summed E-state index contributed by atoms with van der Waals surface area (Å²) >= 11 is 0. The van der Waals surface area contributed by atoms with Crippen LogP contribution in [0.5, 0.6) is 0 Å². The molecule has 0 heteroatoms. The Balaban J connectivity index is 2.45. The van der Waals surface area contributed by atoms with Gasteiger partial charge in [-0.15, -0.1) is 0 Å². The lowest BCUT2D eigenvalue weighted by molar-refractivity contribution is 0.694. The lowest BCUT2D eigenvalue weighted by Crippen LogP contribution is -1.71. The average molecular weight is 98.2 g/mol. The second-order valence-corrected chi connectivity index (χ2v) is 1.77. The fourth-order valence-corrected chi connectivity index (χ4v) is 0.530. The SMILES string of the molecule is [CH2-]CCCCC[CH2-]. The molecule has 7 heavy (non-hydrogen) atoms. The van der Waals surface area contributed by atoms with Gasteiger partial charge in [0.2, 0.25) is 0 Å². The maximum Gasteiger partial charge on any atom is -0.0582 e. The molecule has 0 aliphatic heterocycles. The highest BCUT2D eigenvalue weighted by atomic mass is 13.9. The van der Waals surface area contributed by atoms with E-state index in [0.717, 1.165) is 12.8 Å². The molecule has 0 rings (SSSR count). The van der Waals surface area contributed by atoms with E-state index in [-0.39, 0.29) is 0 Å². The van der Waals surface area contributed by atoms with Crippen LogP contribution in [0.2, 0.25) is 0 Å². The van der Waals surface area contributed by atoms with E-state index >= 15 is 0 Å². The number of hydrogen-bond acceptors (Lipinski definition) is 0. The largest absolute Gasteiger partial charge is 0.343 e. The smallest absolute Gasteiger partial charge is 0.0582 e. The zero-order chi connectivity index (χ0) is 5.54. The molecule has 0 amide bonds. The van der Waals surface area contributed by atoms with Crippen molar-refractivity contribution in [1.29, 1.82) is 0 Å². The first-order valence-corrected chi connectivity index (χ1v) is 3.00. The standard InChI is InChI=1S/C7H14/c1-3-5-7-6-4-2/h1-7H2/q-2. The van der Waals surface area contributed by atoms with Crippen molar-refractivity contribution in [1.82, 2.24) is 0 Å². The molecule has 0 aromatic rings. The van der Waals surface area contributed by atoms with Crippen molar-refractivity contribution in [3.63, 3.8) is 0 Å². The first kappa shape index (κ1) is 7.00. The van der Waals surface area contributed by atoms with E-state index in [9.17, 15) is 0 Å². The number of hydrogen-bond donors (Lipinski definition) is 0. The van der Waals surface area contributed by atoms with Crippen LogP contribution in [0.1, 0.15) is 32.1 Å². The monoisotopic (exact) mass is 98.1 g/mol. The van der Waals surface area contributed by atoms with Gasteiger partial charge in [-0.2, -0.15) is 12.8 Å². The number of unbranched alkanes of at least 4 members (excludes halogenated alkanes) is 4. The second kappa shape index (κ2) is 6.00. The van der Waals surface area contributed by atoms with Crippen molar-refractivity contribution in [3.8, 4) is 0 Å². The molecule has 0 atom stereocenters. The minimum atomic E-state index is 1.08. The normalized spacial score (nSPS) is 9.43. The summed E-state index contributed by atoms with van der Waals surface area (Å²) in [7, 11) is 0. The minimum absolute atomic E-state index is 1.08. The first-order valence-electron chi connectivity index (χ1n) is 3.00. The van der Waals surface area contributed by atoms with Crippen molar-refractivity contribution in [3.05, 3.63) is 13.8 Å².